The Kier molecular flexibility index (Phi) is 6.53. The van der Waals surface area contributed by atoms with E-state index in [9.17, 15) is 14.7 Å². The first-order valence-corrected chi connectivity index (χ1v) is 11.1. The van der Waals surface area contributed by atoms with Gasteiger partial charge in [0.05, 0.1) is 43.2 Å². The van der Waals surface area contributed by atoms with Crippen molar-refractivity contribution in [2.75, 3.05) is 46.5 Å². The minimum atomic E-state index is -0.698. The summed E-state index contributed by atoms with van der Waals surface area (Å²) in [7, 11) is 3.36. The Labute approximate surface area is 193 Å². The highest BCUT2D eigenvalue weighted by atomic mass is 16.5. The fourth-order valence-corrected chi connectivity index (χ4v) is 4.57. The van der Waals surface area contributed by atoms with Gasteiger partial charge >= 0.3 is 0 Å². The lowest BCUT2D eigenvalue weighted by Gasteiger charge is -2.31. The predicted octanol–water partition coefficient (Wildman–Crippen LogP) is 1.80. The molecule has 1 atom stereocenters. The molecule has 1 amide bonds. The van der Waals surface area contributed by atoms with Crippen LogP contribution in [-0.4, -0.2) is 82.9 Å². The van der Waals surface area contributed by atoms with Crippen LogP contribution in [0.5, 0.6) is 5.75 Å². The average molecular weight is 455 g/mol. The number of rotatable bonds is 6. The highest BCUT2D eigenvalue weighted by Crippen LogP contribution is 2.40. The van der Waals surface area contributed by atoms with Gasteiger partial charge in [0.25, 0.3) is 11.7 Å². The predicted molar refractivity (Wildman–Crippen MR) is 122 cm³/mol. The maximum absolute atomic E-state index is 13.2. The third kappa shape index (κ3) is 4.26. The number of aliphatic hydroxyl groups excluding tert-OH is 1. The molecule has 0 spiro atoms. The summed E-state index contributed by atoms with van der Waals surface area (Å²) in [5.74, 6) is -0.808. The molecule has 2 fully saturated rings. The van der Waals surface area contributed by atoms with Gasteiger partial charge in [-0.05, 0) is 31.5 Å². The highest BCUT2D eigenvalue weighted by molar-refractivity contribution is 6.46. The molecule has 0 bridgehead atoms. The second-order valence-corrected chi connectivity index (χ2v) is 8.39. The van der Waals surface area contributed by atoms with Crippen LogP contribution in [0.25, 0.3) is 5.76 Å². The van der Waals surface area contributed by atoms with Crippen LogP contribution in [0.2, 0.25) is 0 Å². The first kappa shape index (κ1) is 23.0. The van der Waals surface area contributed by atoms with Crippen molar-refractivity contribution in [1.29, 1.82) is 0 Å². The smallest absolute Gasteiger partial charge is 0.295 e. The largest absolute Gasteiger partial charge is 0.507 e. The number of nitrogens with zero attached hydrogens (tertiary/aromatic N) is 4. The molecule has 3 heterocycles. The lowest BCUT2D eigenvalue weighted by Crippen LogP contribution is -2.42. The number of hydrogen-bond acceptors (Lipinski definition) is 7. The van der Waals surface area contributed by atoms with E-state index in [2.05, 4.69) is 10.00 Å². The van der Waals surface area contributed by atoms with E-state index in [-0.39, 0.29) is 11.3 Å². The molecule has 0 aliphatic carbocycles. The topological polar surface area (TPSA) is 97.1 Å². The summed E-state index contributed by atoms with van der Waals surface area (Å²) in [6.07, 6.45) is 0. The van der Waals surface area contributed by atoms with Crippen LogP contribution in [0, 0.1) is 13.8 Å². The molecular weight excluding hydrogens is 424 g/mol. The van der Waals surface area contributed by atoms with Gasteiger partial charge in [0.15, 0.2) is 0 Å². The molecule has 1 aromatic carbocycles. The average Bonchev–Trinajstić information content (AvgIpc) is 3.23. The molecule has 9 nitrogen and oxygen atoms in total. The lowest BCUT2D eigenvalue weighted by atomic mass is 9.94. The summed E-state index contributed by atoms with van der Waals surface area (Å²) in [6.45, 7) is 7.46. The van der Waals surface area contributed by atoms with Gasteiger partial charge < -0.3 is 19.5 Å². The van der Waals surface area contributed by atoms with Crippen LogP contribution < -0.4 is 4.74 Å². The van der Waals surface area contributed by atoms with Crippen LogP contribution in [0.4, 0.5) is 0 Å². The monoisotopic (exact) mass is 454 g/mol. The number of hydrogen-bond donors (Lipinski definition) is 1. The first-order valence-electron chi connectivity index (χ1n) is 11.1. The van der Waals surface area contributed by atoms with E-state index in [1.807, 2.05) is 19.1 Å². The molecule has 1 aromatic heterocycles. The van der Waals surface area contributed by atoms with Crippen molar-refractivity contribution in [2.45, 2.75) is 19.9 Å². The van der Waals surface area contributed by atoms with Crippen molar-refractivity contribution in [2.24, 2.45) is 7.05 Å². The van der Waals surface area contributed by atoms with Crippen molar-refractivity contribution in [3.8, 4) is 5.75 Å². The van der Waals surface area contributed by atoms with Crippen LogP contribution in [0.3, 0.4) is 0 Å². The number of Topliss-reactive ketones (excluding diaryl/α,β-unsaturated/α-hetero) is 1. The summed E-state index contributed by atoms with van der Waals surface area (Å²) < 4.78 is 12.3. The SMILES string of the molecule is COc1ccc(C2C(=C(O)c3c(C)nn(C)c3C)C(=O)C(=O)N2CCN2CCOCC2)cc1. The zero-order chi connectivity index (χ0) is 23.7. The Morgan fingerprint density at radius 3 is 2.39 bits per heavy atom. The van der Waals surface area contributed by atoms with Crippen molar-refractivity contribution < 1.29 is 24.2 Å². The van der Waals surface area contributed by atoms with E-state index >= 15 is 0 Å². The number of aromatic nitrogens is 2. The molecule has 0 radical (unpaired) electrons. The fourth-order valence-electron chi connectivity index (χ4n) is 4.57. The third-order valence-electron chi connectivity index (χ3n) is 6.48. The van der Waals surface area contributed by atoms with Crippen LogP contribution in [0.1, 0.15) is 28.6 Å². The summed E-state index contributed by atoms with van der Waals surface area (Å²) in [5, 5.41) is 15.7. The van der Waals surface area contributed by atoms with Crippen LogP contribution in [0.15, 0.2) is 29.8 Å². The van der Waals surface area contributed by atoms with E-state index in [1.54, 1.807) is 42.8 Å². The van der Waals surface area contributed by atoms with Gasteiger partial charge in [0.2, 0.25) is 0 Å². The Hall–Kier alpha value is -3.17. The molecule has 0 saturated carbocycles. The lowest BCUT2D eigenvalue weighted by molar-refractivity contribution is -0.140. The van der Waals surface area contributed by atoms with Gasteiger partial charge in [-0.1, -0.05) is 12.1 Å². The van der Waals surface area contributed by atoms with Crippen molar-refractivity contribution in [3.63, 3.8) is 0 Å². The van der Waals surface area contributed by atoms with Gasteiger partial charge in [-0.15, -0.1) is 0 Å². The minimum Gasteiger partial charge on any atom is -0.507 e. The molecule has 4 rings (SSSR count). The number of morpholine rings is 1. The normalized spacial score (nSPS) is 21.1. The number of likely N-dealkylation sites (tertiary alicyclic amines) is 1. The summed E-state index contributed by atoms with van der Waals surface area (Å²) >= 11 is 0. The molecule has 2 aromatic rings. The van der Waals surface area contributed by atoms with Gasteiger partial charge in [0, 0.05) is 38.9 Å². The number of ether oxygens (including phenoxy) is 2. The maximum atomic E-state index is 13.2. The van der Waals surface area contributed by atoms with Crippen LogP contribution >= 0.6 is 0 Å². The quantitative estimate of drug-likeness (QED) is 0.404. The number of carbonyl (C=O) groups excluding carboxylic acids is 2. The molecule has 1 unspecified atom stereocenters. The van der Waals surface area contributed by atoms with Gasteiger partial charge in [-0.25, -0.2) is 0 Å². The number of methoxy groups -OCH3 is 1. The summed E-state index contributed by atoms with van der Waals surface area (Å²) in [6, 6.07) is 6.53. The molecule has 2 aliphatic rings. The second kappa shape index (κ2) is 9.36. The molecule has 2 saturated heterocycles. The Balaban J connectivity index is 1.77. The molecule has 33 heavy (non-hydrogen) atoms. The van der Waals surface area contributed by atoms with Crippen molar-refractivity contribution >= 4 is 17.4 Å². The third-order valence-corrected chi connectivity index (χ3v) is 6.48. The Morgan fingerprint density at radius 1 is 1.15 bits per heavy atom. The zero-order valence-electron chi connectivity index (χ0n) is 19.5. The fraction of sp³-hybridized carbons (Fsp3) is 0.458. The van der Waals surface area contributed by atoms with Gasteiger partial charge in [-0.3, -0.25) is 19.2 Å². The van der Waals surface area contributed by atoms with Crippen LogP contribution in [-0.2, 0) is 21.4 Å². The van der Waals surface area contributed by atoms with Crippen molar-refractivity contribution in [3.05, 3.63) is 52.4 Å². The molecule has 2 aliphatic heterocycles. The first-order chi connectivity index (χ1) is 15.8. The van der Waals surface area contributed by atoms with E-state index in [1.165, 1.54) is 0 Å². The minimum absolute atomic E-state index is 0.0892. The summed E-state index contributed by atoms with van der Waals surface area (Å²) in [4.78, 5) is 30.1. The molecular formula is C24H30N4O5. The number of amides is 1. The number of carbonyl (C=O) groups is 2. The number of aliphatic hydroxyl groups is 1. The Morgan fingerprint density at radius 2 is 1.82 bits per heavy atom. The van der Waals surface area contributed by atoms with Gasteiger partial charge in [-0.2, -0.15) is 5.10 Å². The Bertz CT molecular complexity index is 1080. The van der Waals surface area contributed by atoms with E-state index < -0.39 is 17.7 Å². The summed E-state index contributed by atoms with van der Waals surface area (Å²) in [5.41, 5.74) is 2.63. The molecule has 1 N–H and O–H groups in total. The standard InChI is InChI=1S/C24H30N4O5/c1-15-19(16(2)26(3)25-15)22(29)20-21(17-5-7-18(32-4)8-6-17)28(24(31)23(20)30)10-9-27-11-13-33-14-12-27/h5-8,21,29H,9-14H2,1-4H3. The maximum Gasteiger partial charge on any atom is 0.295 e. The highest BCUT2D eigenvalue weighted by Gasteiger charge is 2.46. The molecule has 9 heteroatoms. The van der Waals surface area contributed by atoms with E-state index in [0.29, 0.717) is 43.3 Å². The number of benzene rings is 1. The number of ketones is 1. The second-order valence-electron chi connectivity index (χ2n) is 8.39. The van der Waals surface area contributed by atoms with Crippen molar-refractivity contribution in [1.82, 2.24) is 19.6 Å². The molecule has 176 valence electrons. The van der Waals surface area contributed by atoms with Gasteiger partial charge in [0.1, 0.15) is 11.5 Å². The number of aryl methyl sites for hydroxylation is 2. The van der Waals surface area contributed by atoms with E-state index in [4.69, 9.17) is 9.47 Å². The zero-order valence-corrected chi connectivity index (χ0v) is 19.5. The van der Waals surface area contributed by atoms with E-state index in [0.717, 1.165) is 24.3 Å².